The van der Waals surface area contributed by atoms with E-state index in [0.29, 0.717) is 16.8 Å². The van der Waals surface area contributed by atoms with Crippen LogP contribution in [0.2, 0.25) is 0 Å². The maximum absolute atomic E-state index is 12.8. The predicted octanol–water partition coefficient (Wildman–Crippen LogP) is 5.11. The second-order valence-electron chi connectivity index (χ2n) is 8.06. The van der Waals surface area contributed by atoms with Gasteiger partial charge in [-0.25, -0.2) is 4.79 Å². The molecule has 0 aromatic heterocycles. The summed E-state index contributed by atoms with van der Waals surface area (Å²) < 4.78 is 4.70. The normalized spacial score (nSPS) is 11.2. The van der Waals surface area contributed by atoms with Crippen molar-refractivity contribution in [2.24, 2.45) is 0 Å². The number of carbonyl (C=O) groups excluding carboxylic acids is 2. The van der Waals surface area contributed by atoms with Crippen LogP contribution in [0.15, 0.2) is 66.7 Å². The summed E-state index contributed by atoms with van der Waals surface area (Å²) in [4.78, 5) is 35.1. The van der Waals surface area contributed by atoms with E-state index in [9.17, 15) is 25.0 Å². The summed E-state index contributed by atoms with van der Waals surface area (Å²) in [5, 5.41) is 23.7. The topological polar surface area (TPSA) is 122 Å². The van der Waals surface area contributed by atoms with Gasteiger partial charge in [0.2, 0.25) is 5.91 Å². The van der Waals surface area contributed by atoms with Gasteiger partial charge < -0.3 is 10.1 Å². The van der Waals surface area contributed by atoms with Gasteiger partial charge in [-0.1, -0.05) is 36.4 Å². The first-order valence-electron chi connectivity index (χ1n) is 11.0. The highest BCUT2D eigenvalue weighted by atomic mass is 16.6. The Balaban J connectivity index is 1.59. The number of aryl methyl sites for hydroxylation is 3. The molecule has 0 aliphatic heterocycles. The summed E-state index contributed by atoms with van der Waals surface area (Å²) in [6, 6.07) is 21.0. The van der Waals surface area contributed by atoms with E-state index < -0.39 is 16.7 Å². The molecule has 0 radical (unpaired) electrons. The number of ether oxygens (including phenoxy) is 1. The van der Waals surface area contributed by atoms with Gasteiger partial charge in [-0.3, -0.25) is 14.9 Å². The number of hydrogen-bond acceptors (Lipinski definition) is 6. The van der Waals surface area contributed by atoms with Crippen molar-refractivity contribution in [2.45, 2.75) is 32.1 Å². The average molecular weight is 472 g/mol. The van der Waals surface area contributed by atoms with Gasteiger partial charge in [-0.15, -0.1) is 0 Å². The lowest BCUT2D eigenvalue weighted by molar-refractivity contribution is -0.385. The van der Waals surface area contributed by atoms with E-state index >= 15 is 0 Å². The number of amides is 1. The van der Waals surface area contributed by atoms with E-state index in [2.05, 4.69) is 5.32 Å². The monoisotopic (exact) mass is 471 g/mol. The molecule has 0 aliphatic rings. The van der Waals surface area contributed by atoms with Gasteiger partial charge in [0.25, 0.3) is 5.69 Å². The first-order chi connectivity index (χ1) is 16.8. The summed E-state index contributed by atoms with van der Waals surface area (Å²) in [6.45, 7) is 1.64. The first-order valence-corrected chi connectivity index (χ1v) is 11.0. The molecule has 3 aromatic rings. The van der Waals surface area contributed by atoms with E-state index in [-0.39, 0.29) is 17.2 Å². The smallest absolute Gasteiger partial charge is 0.337 e. The lowest BCUT2D eigenvalue weighted by Crippen LogP contribution is -2.21. The van der Waals surface area contributed by atoms with Crippen molar-refractivity contribution in [3.8, 4) is 6.07 Å². The number of nitro benzene ring substituents is 1. The van der Waals surface area contributed by atoms with Crippen molar-refractivity contribution < 1.29 is 19.2 Å². The molecule has 0 fully saturated rings. The minimum Gasteiger partial charge on any atom is -0.465 e. The Kier molecular flexibility index (Phi) is 8.30. The molecule has 0 aliphatic carbocycles. The summed E-state index contributed by atoms with van der Waals surface area (Å²) in [5.74, 6) is -2.28. The van der Waals surface area contributed by atoms with Gasteiger partial charge in [0.05, 0.1) is 29.2 Å². The summed E-state index contributed by atoms with van der Waals surface area (Å²) in [7, 11) is 1.35. The highest BCUT2D eigenvalue weighted by Crippen LogP contribution is 2.30. The molecule has 1 N–H and O–H groups in total. The Labute approximate surface area is 203 Å². The summed E-state index contributed by atoms with van der Waals surface area (Å²) >= 11 is 0. The third kappa shape index (κ3) is 6.30. The Bertz CT molecular complexity index is 1260. The van der Waals surface area contributed by atoms with E-state index in [4.69, 9.17) is 4.74 Å². The van der Waals surface area contributed by atoms with Gasteiger partial charge in [0, 0.05) is 11.8 Å². The third-order valence-electron chi connectivity index (χ3n) is 5.71. The lowest BCUT2D eigenvalue weighted by Gasteiger charge is -2.13. The van der Waals surface area contributed by atoms with Crippen molar-refractivity contribution in [2.75, 3.05) is 12.4 Å². The summed E-state index contributed by atoms with van der Waals surface area (Å²) in [6.07, 6.45) is 2.57. The quantitative estimate of drug-likeness (QED) is 0.263. The molecule has 0 saturated carbocycles. The molecule has 35 heavy (non-hydrogen) atoms. The van der Waals surface area contributed by atoms with Crippen LogP contribution >= 0.6 is 0 Å². The first kappa shape index (κ1) is 25.1. The van der Waals surface area contributed by atoms with E-state index in [1.165, 1.54) is 19.2 Å². The van der Waals surface area contributed by atoms with Crippen molar-refractivity contribution in [3.05, 3.63) is 105 Å². The maximum Gasteiger partial charge on any atom is 0.337 e. The lowest BCUT2D eigenvalue weighted by atomic mass is 9.93. The van der Waals surface area contributed by atoms with Crippen LogP contribution in [0.3, 0.4) is 0 Å². The number of benzene rings is 3. The largest absolute Gasteiger partial charge is 0.465 e. The fraction of sp³-hybridized carbons (Fsp3) is 0.222. The van der Waals surface area contributed by atoms with Gasteiger partial charge in [0.15, 0.2) is 5.92 Å². The van der Waals surface area contributed by atoms with Gasteiger partial charge in [0.1, 0.15) is 0 Å². The zero-order valence-corrected chi connectivity index (χ0v) is 19.5. The fourth-order valence-corrected chi connectivity index (χ4v) is 3.85. The molecule has 0 spiro atoms. The number of nitro groups is 1. The number of rotatable bonds is 9. The van der Waals surface area contributed by atoms with Crippen LogP contribution in [0.25, 0.3) is 0 Å². The Hall–Kier alpha value is -4.51. The Morgan fingerprint density at radius 3 is 2.17 bits per heavy atom. The van der Waals surface area contributed by atoms with Crippen LogP contribution in [0.1, 0.15) is 45.0 Å². The number of nitrogens with one attached hydrogen (secondary N) is 1. The van der Waals surface area contributed by atoms with E-state index in [0.717, 1.165) is 30.4 Å². The number of esters is 1. The summed E-state index contributed by atoms with van der Waals surface area (Å²) in [5.41, 5.74) is 3.60. The molecule has 0 saturated heterocycles. The SMILES string of the molecule is COC(=O)c1ccc(CCCc2ccc(NC(=O)C(C#N)c3c(C)cccc3[N+](=O)[O-])cc2)cc1. The molecule has 8 nitrogen and oxygen atoms in total. The zero-order chi connectivity index (χ0) is 25.4. The maximum atomic E-state index is 12.8. The van der Waals surface area contributed by atoms with Crippen LogP contribution in [-0.2, 0) is 22.4 Å². The number of hydrogen-bond donors (Lipinski definition) is 1. The number of nitrogens with zero attached hydrogens (tertiary/aromatic N) is 2. The molecule has 3 rings (SSSR count). The van der Waals surface area contributed by atoms with Crippen LogP contribution in [0.5, 0.6) is 0 Å². The second-order valence-corrected chi connectivity index (χ2v) is 8.06. The van der Waals surface area contributed by atoms with Crippen molar-refractivity contribution in [1.29, 1.82) is 5.26 Å². The molecule has 8 heteroatoms. The zero-order valence-electron chi connectivity index (χ0n) is 19.5. The molecular formula is C27H25N3O5. The van der Waals surface area contributed by atoms with Crippen molar-refractivity contribution >= 4 is 23.3 Å². The van der Waals surface area contributed by atoms with Gasteiger partial charge >= 0.3 is 5.97 Å². The van der Waals surface area contributed by atoms with Crippen LogP contribution < -0.4 is 5.32 Å². The molecule has 1 amide bonds. The van der Waals surface area contributed by atoms with Crippen LogP contribution in [0, 0.1) is 28.4 Å². The molecule has 0 bridgehead atoms. The van der Waals surface area contributed by atoms with E-state index in [1.807, 2.05) is 30.3 Å². The predicted molar refractivity (Wildman–Crippen MR) is 131 cm³/mol. The van der Waals surface area contributed by atoms with E-state index in [1.54, 1.807) is 37.3 Å². The van der Waals surface area contributed by atoms with Crippen LogP contribution in [0.4, 0.5) is 11.4 Å². The third-order valence-corrected chi connectivity index (χ3v) is 5.71. The Morgan fingerprint density at radius 1 is 1.03 bits per heavy atom. The Morgan fingerprint density at radius 2 is 1.63 bits per heavy atom. The number of nitriles is 1. The van der Waals surface area contributed by atoms with Gasteiger partial charge in [-0.05, 0) is 67.1 Å². The number of methoxy groups -OCH3 is 1. The highest BCUT2D eigenvalue weighted by molar-refractivity contribution is 5.98. The van der Waals surface area contributed by atoms with Crippen LogP contribution in [-0.4, -0.2) is 23.9 Å². The number of carbonyl (C=O) groups is 2. The molecule has 0 heterocycles. The average Bonchev–Trinajstić information content (AvgIpc) is 2.86. The molecular weight excluding hydrogens is 446 g/mol. The number of anilines is 1. The molecule has 1 atom stereocenters. The molecule has 178 valence electrons. The van der Waals surface area contributed by atoms with Crippen molar-refractivity contribution in [3.63, 3.8) is 0 Å². The molecule has 3 aromatic carbocycles. The standard InChI is InChI=1S/C27H25N3O5/c1-18-5-3-8-24(30(33)34)25(18)23(17-28)26(31)29-22-15-11-20(12-16-22)7-4-6-19-9-13-21(14-10-19)27(32)35-2/h3,5,8-16,23H,4,6-7H2,1-2H3,(H,29,31). The minimum absolute atomic E-state index is 0.105. The highest BCUT2D eigenvalue weighted by Gasteiger charge is 2.29. The molecule has 1 unspecified atom stereocenters. The van der Waals surface area contributed by atoms with Gasteiger partial charge in [-0.2, -0.15) is 5.26 Å². The van der Waals surface area contributed by atoms with Crippen molar-refractivity contribution in [1.82, 2.24) is 0 Å². The fourth-order valence-electron chi connectivity index (χ4n) is 3.85. The minimum atomic E-state index is -1.30. The second kappa shape index (κ2) is 11.6.